The minimum Gasteiger partial charge on any atom is -0.485 e. The quantitative estimate of drug-likeness (QED) is 0.915. The number of nitrogens with one attached hydrogen (secondary N) is 1. The molecule has 1 saturated heterocycles. The summed E-state index contributed by atoms with van der Waals surface area (Å²) in [6.45, 7) is 5.64. The molecule has 3 aliphatic rings. The van der Waals surface area contributed by atoms with Gasteiger partial charge in [-0.25, -0.2) is 0 Å². The Morgan fingerprint density at radius 3 is 2.62 bits per heavy atom. The Morgan fingerprint density at radius 1 is 0.962 bits per heavy atom. The van der Waals surface area contributed by atoms with Crippen molar-refractivity contribution in [3.8, 4) is 0 Å². The van der Waals surface area contributed by atoms with E-state index in [1.165, 1.54) is 28.0 Å². The van der Waals surface area contributed by atoms with Gasteiger partial charge >= 0.3 is 0 Å². The minimum atomic E-state index is 0.143. The van der Waals surface area contributed by atoms with Crippen LogP contribution in [-0.4, -0.2) is 44.3 Å². The topological polar surface area (TPSA) is 33.7 Å². The first-order chi connectivity index (χ1) is 12.9. The summed E-state index contributed by atoms with van der Waals surface area (Å²) >= 11 is 0. The lowest BCUT2D eigenvalue weighted by atomic mass is 9.98. The molecule has 2 aromatic carbocycles. The van der Waals surface area contributed by atoms with Crippen LogP contribution in [0.4, 0.5) is 5.69 Å². The number of benzene rings is 2. The summed E-state index contributed by atoms with van der Waals surface area (Å²) in [6.07, 6.45) is 1.16. The van der Waals surface area contributed by atoms with Crippen molar-refractivity contribution < 1.29 is 9.47 Å². The first kappa shape index (κ1) is 15.9. The Bertz CT molecular complexity index is 840. The summed E-state index contributed by atoms with van der Waals surface area (Å²) in [5.41, 5.74) is 6.33. The van der Waals surface area contributed by atoms with Gasteiger partial charge in [0.1, 0.15) is 11.9 Å². The lowest BCUT2D eigenvalue weighted by molar-refractivity contribution is 0.0310. The van der Waals surface area contributed by atoms with Crippen LogP contribution in [0.5, 0.6) is 0 Å². The predicted molar refractivity (Wildman–Crippen MR) is 104 cm³/mol. The molecule has 134 valence electrons. The van der Waals surface area contributed by atoms with Crippen LogP contribution in [0.25, 0.3) is 11.3 Å². The molecule has 0 amide bonds. The summed E-state index contributed by atoms with van der Waals surface area (Å²) < 4.78 is 12.0. The molecule has 0 spiro atoms. The smallest absolute Gasteiger partial charge is 0.133 e. The molecule has 4 heteroatoms. The van der Waals surface area contributed by atoms with E-state index in [9.17, 15) is 0 Å². The number of fused-ring (bicyclic) bond motifs is 2. The zero-order valence-electron chi connectivity index (χ0n) is 14.9. The minimum absolute atomic E-state index is 0.143. The van der Waals surface area contributed by atoms with Gasteiger partial charge < -0.3 is 14.8 Å². The van der Waals surface area contributed by atoms with Crippen molar-refractivity contribution >= 4 is 17.0 Å². The molecule has 3 aliphatic heterocycles. The van der Waals surface area contributed by atoms with Crippen LogP contribution < -0.4 is 5.32 Å². The number of nitrogens with zero attached hydrogens (tertiary/aromatic N) is 1. The van der Waals surface area contributed by atoms with E-state index in [1.54, 1.807) is 0 Å². The lowest BCUT2D eigenvalue weighted by Crippen LogP contribution is -2.37. The first-order valence-electron chi connectivity index (χ1n) is 9.52. The maximum Gasteiger partial charge on any atom is 0.133 e. The number of rotatable bonds is 3. The van der Waals surface area contributed by atoms with Crippen LogP contribution in [0.3, 0.4) is 0 Å². The highest BCUT2D eigenvalue weighted by molar-refractivity contribution is 5.98. The number of anilines is 1. The van der Waals surface area contributed by atoms with E-state index >= 15 is 0 Å². The normalized spacial score (nSPS) is 24.7. The zero-order chi connectivity index (χ0) is 17.3. The van der Waals surface area contributed by atoms with Crippen LogP contribution in [0.15, 0.2) is 48.5 Å². The highest BCUT2D eigenvalue weighted by atomic mass is 16.5. The summed E-state index contributed by atoms with van der Waals surface area (Å²) in [5, 5.41) is 3.50. The van der Waals surface area contributed by atoms with Crippen molar-refractivity contribution in [1.82, 2.24) is 4.90 Å². The molecule has 0 saturated carbocycles. The van der Waals surface area contributed by atoms with Crippen molar-refractivity contribution in [2.45, 2.75) is 12.5 Å². The molecule has 1 unspecified atom stereocenters. The zero-order valence-corrected chi connectivity index (χ0v) is 14.9. The van der Waals surface area contributed by atoms with Gasteiger partial charge in [0.2, 0.25) is 0 Å². The maximum absolute atomic E-state index is 6.55. The molecule has 2 aromatic rings. The van der Waals surface area contributed by atoms with E-state index < -0.39 is 0 Å². The van der Waals surface area contributed by atoms with E-state index in [-0.39, 0.29) is 6.10 Å². The van der Waals surface area contributed by atoms with Gasteiger partial charge in [-0.2, -0.15) is 0 Å². The third-order valence-electron chi connectivity index (χ3n) is 5.61. The van der Waals surface area contributed by atoms with Crippen molar-refractivity contribution in [3.05, 3.63) is 65.2 Å². The first-order valence-corrected chi connectivity index (χ1v) is 9.52. The van der Waals surface area contributed by atoms with Gasteiger partial charge in [-0.3, -0.25) is 4.90 Å². The molecule has 0 aliphatic carbocycles. The van der Waals surface area contributed by atoms with Crippen LogP contribution in [-0.2, 0) is 9.47 Å². The molecule has 0 bridgehead atoms. The van der Waals surface area contributed by atoms with Crippen molar-refractivity contribution in [2.75, 3.05) is 44.7 Å². The Hall–Kier alpha value is -2.30. The van der Waals surface area contributed by atoms with E-state index in [4.69, 9.17) is 9.47 Å². The highest BCUT2D eigenvalue weighted by Gasteiger charge is 2.32. The molecule has 1 atom stereocenters. The third kappa shape index (κ3) is 2.79. The van der Waals surface area contributed by atoms with Gasteiger partial charge in [0, 0.05) is 60.6 Å². The van der Waals surface area contributed by atoms with Crippen LogP contribution in [0.1, 0.15) is 29.2 Å². The summed E-state index contributed by atoms with van der Waals surface area (Å²) in [5.74, 6) is 1.06. The Balaban J connectivity index is 1.43. The standard InChI is InChI=1S/C22H24N2O2/c1-2-7-18-17(6-1)21(9-10-24-11-13-25-14-12-24)26-22(18)19-15-23-20-8-4-3-5-16(19)20/h1-8,21,23H,9-15H2. The molecule has 0 aromatic heterocycles. The Labute approximate surface area is 154 Å². The lowest BCUT2D eigenvalue weighted by Gasteiger charge is -2.27. The number of para-hydroxylation sites is 1. The fourth-order valence-electron chi connectivity index (χ4n) is 4.21. The number of hydrogen-bond acceptors (Lipinski definition) is 4. The van der Waals surface area contributed by atoms with Crippen LogP contribution >= 0.6 is 0 Å². The molecule has 3 heterocycles. The Morgan fingerprint density at radius 2 is 1.73 bits per heavy atom. The largest absolute Gasteiger partial charge is 0.485 e. The number of hydrogen-bond donors (Lipinski definition) is 1. The fourth-order valence-corrected chi connectivity index (χ4v) is 4.21. The van der Waals surface area contributed by atoms with E-state index in [0.29, 0.717) is 0 Å². The molecular formula is C22H24N2O2. The third-order valence-corrected chi connectivity index (χ3v) is 5.61. The van der Waals surface area contributed by atoms with Crippen molar-refractivity contribution in [2.24, 2.45) is 0 Å². The predicted octanol–water partition coefficient (Wildman–Crippen LogP) is 3.77. The van der Waals surface area contributed by atoms with Gasteiger partial charge in [0.05, 0.1) is 13.2 Å². The highest BCUT2D eigenvalue weighted by Crippen LogP contribution is 2.46. The molecule has 5 rings (SSSR count). The molecule has 1 N–H and O–H groups in total. The van der Waals surface area contributed by atoms with Gasteiger partial charge in [0.25, 0.3) is 0 Å². The second-order valence-corrected chi connectivity index (χ2v) is 7.14. The van der Waals surface area contributed by atoms with E-state index in [0.717, 1.165) is 51.6 Å². The van der Waals surface area contributed by atoms with Gasteiger partial charge in [-0.15, -0.1) is 0 Å². The Kier molecular flexibility index (Phi) is 4.15. The summed E-state index contributed by atoms with van der Waals surface area (Å²) in [4.78, 5) is 2.48. The molecule has 0 radical (unpaired) electrons. The average Bonchev–Trinajstić information content (AvgIpc) is 3.28. The summed E-state index contributed by atoms with van der Waals surface area (Å²) in [6, 6.07) is 17.2. The van der Waals surface area contributed by atoms with Crippen LogP contribution in [0, 0.1) is 0 Å². The van der Waals surface area contributed by atoms with Crippen molar-refractivity contribution in [1.29, 1.82) is 0 Å². The SMILES string of the molecule is c1ccc2c(c1)NCC2=C1OC(CCN2CCOCC2)c2ccccc21. The van der Waals surface area contributed by atoms with Gasteiger partial charge in [-0.05, 0) is 6.07 Å². The average molecular weight is 348 g/mol. The molecule has 26 heavy (non-hydrogen) atoms. The van der Waals surface area contributed by atoms with Gasteiger partial charge in [-0.1, -0.05) is 42.5 Å². The fraction of sp³-hybridized carbons (Fsp3) is 0.364. The number of morpholine rings is 1. The second-order valence-electron chi connectivity index (χ2n) is 7.14. The summed E-state index contributed by atoms with van der Waals surface area (Å²) in [7, 11) is 0. The van der Waals surface area contributed by atoms with E-state index in [2.05, 4.69) is 58.7 Å². The second kappa shape index (κ2) is 6.78. The van der Waals surface area contributed by atoms with Gasteiger partial charge in [0.15, 0.2) is 0 Å². The molecule has 4 nitrogen and oxygen atoms in total. The van der Waals surface area contributed by atoms with E-state index in [1.807, 2.05) is 0 Å². The van der Waals surface area contributed by atoms with Crippen molar-refractivity contribution in [3.63, 3.8) is 0 Å². The molecular weight excluding hydrogens is 324 g/mol. The van der Waals surface area contributed by atoms with Crippen LogP contribution in [0.2, 0.25) is 0 Å². The number of ether oxygens (including phenoxy) is 2. The molecule has 1 fully saturated rings. The maximum atomic E-state index is 6.55. The monoisotopic (exact) mass is 348 g/mol.